The van der Waals surface area contributed by atoms with Crippen LogP contribution in [0, 0.1) is 6.92 Å². The second-order valence-corrected chi connectivity index (χ2v) is 6.58. The molecule has 0 atom stereocenters. The van der Waals surface area contributed by atoms with E-state index in [1.54, 1.807) is 25.1 Å². The van der Waals surface area contributed by atoms with Crippen molar-refractivity contribution in [3.8, 4) is 11.4 Å². The number of rotatable bonds is 4. The molecule has 3 rings (SSSR count). The highest BCUT2D eigenvalue weighted by atomic mass is 79.9. The smallest absolute Gasteiger partial charge is 0.345 e. The molecular weight excluding hydrogens is 412 g/mol. The highest BCUT2D eigenvalue weighted by Crippen LogP contribution is 2.27. The Balaban J connectivity index is 1.83. The van der Waals surface area contributed by atoms with E-state index in [1.807, 2.05) is 30.3 Å². The minimum absolute atomic E-state index is 0.282. The summed E-state index contributed by atoms with van der Waals surface area (Å²) in [4.78, 5) is 28.6. The van der Waals surface area contributed by atoms with Gasteiger partial charge in [-0.3, -0.25) is 9.89 Å². The number of methoxy groups -OCH3 is 1. The number of urea groups is 1. The Bertz CT molecular complexity index is 1050. The van der Waals surface area contributed by atoms with Gasteiger partial charge in [0, 0.05) is 16.4 Å². The Labute approximate surface area is 163 Å². The van der Waals surface area contributed by atoms with Crippen molar-refractivity contribution in [3.05, 3.63) is 74.6 Å². The lowest BCUT2D eigenvalue weighted by atomic mass is 10.3. The van der Waals surface area contributed by atoms with Crippen molar-refractivity contribution in [3.63, 3.8) is 0 Å². The van der Waals surface area contributed by atoms with Gasteiger partial charge in [-0.15, -0.1) is 0 Å². The van der Waals surface area contributed by atoms with Crippen LogP contribution in [0.5, 0.6) is 5.75 Å². The summed E-state index contributed by atoms with van der Waals surface area (Å²) in [6.45, 7) is 1.75. The predicted molar refractivity (Wildman–Crippen MR) is 108 cm³/mol. The molecule has 2 amide bonds. The molecule has 2 N–H and O–H groups in total. The normalized spacial score (nSPS) is 10.9. The molecular formula is C19H17BrN4O3. The van der Waals surface area contributed by atoms with Crippen molar-refractivity contribution in [2.45, 2.75) is 6.92 Å². The number of nitrogens with one attached hydrogen (secondary N) is 2. The van der Waals surface area contributed by atoms with Gasteiger partial charge in [0.1, 0.15) is 5.75 Å². The molecule has 0 aliphatic heterocycles. The molecule has 0 bridgehead atoms. The lowest BCUT2D eigenvalue weighted by Crippen LogP contribution is -2.17. The van der Waals surface area contributed by atoms with Gasteiger partial charge in [-0.05, 0) is 37.3 Å². The number of hydrogen-bond donors (Lipinski definition) is 2. The third-order valence-corrected chi connectivity index (χ3v) is 4.34. The van der Waals surface area contributed by atoms with E-state index < -0.39 is 6.03 Å². The van der Waals surface area contributed by atoms with E-state index in [2.05, 4.69) is 31.3 Å². The number of carbonyl (C=O) groups excluding carboxylic acids is 1. The van der Waals surface area contributed by atoms with Crippen LogP contribution >= 0.6 is 15.9 Å². The molecule has 0 fully saturated rings. The summed E-state index contributed by atoms with van der Waals surface area (Å²) in [6.07, 6.45) is 1.26. The van der Waals surface area contributed by atoms with Crippen molar-refractivity contribution in [2.24, 2.45) is 4.99 Å². The Morgan fingerprint density at radius 3 is 2.70 bits per heavy atom. The number of anilines is 1. The second-order valence-electron chi connectivity index (χ2n) is 5.66. The van der Waals surface area contributed by atoms with Crippen molar-refractivity contribution in [1.29, 1.82) is 0 Å². The number of halogens is 1. The number of aliphatic imine (C=N–C) groups is 1. The summed E-state index contributed by atoms with van der Waals surface area (Å²) in [5.41, 5.74) is 1.82. The average molecular weight is 429 g/mol. The van der Waals surface area contributed by atoms with Crippen LogP contribution in [0.25, 0.3) is 5.69 Å². The summed E-state index contributed by atoms with van der Waals surface area (Å²) in [7, 11) is 1.51. The highest BCUT2D eigenvalue weighted by molar-refractivity contribution is 9.10. The number of amides is 2. The van der Waals surface area contributed by atoms with E-state index in [0.717, 1.165) is 4.47 Å². The maximum Gasteiger partial charge on any atom is 0.345 e. The van der Waals surface area contributed by atoms with Gasteiger partial charge in [-0.25, -0.2) is 14.5 Å². The molecule has 0 radical (unpaired) electrons. The predicted octanol–water partition coefficient (Wildman–Crippen LogP) is 3.90. The third-order valence-electron chi connectivity index (χ3n) is 3.85. The Morgan fingerprint density at radius 1 is 1.26 bits per heavy atom. The number of aromatic nitrogens is 2. The van der Waals surface area contributed by atoms with E-state index in [-0.39, 0.29) is 5.56 Å². The van der Waals surface area contributed by atoms with Crippen LogP contribution in [0.15, 0.2) is 62.8 Å². The molecule has 1 aromatic heterocycles. The first-order valence-corrected chi connectivity index (χ1v) is 8.84. The van der Waals surface area contributed by atoms with E-state index in [1.165, 1.54) is 18.0 Å². The first-order chi connectivity index (χ1) is 13.0. The topological polar surface area (TPSA) is 88.5 Å². The molecule has 138 valence electrons. The fraction of sp³-hybridized carbons (Fsp3) is 0.105. The Kier molecular flexibility index (Phi) is 5.56. The third kappa shape index (κ3) is 4.17. The molecule has 0 aliphatic carbocycles. The molecule has 0 saturated carbocycles. The molecule has 0 spiro atoms. The van der Waals surface area contributed by atoms with Crippen LogP contribution in [0.1, 0.15) is 11.3 Å². The molecule has 7 nitrogen and oxygen atoms in total. The largest absolute Gasteiger partial charge is 0.495 e. The minimum atomic E-state index is -0.613. The summed E-state index contributed by atoms with van der Waals surface area (Å²) in [5, 5.41) is 5.62. The van der Waals surface area contributed by atoms with E-state index in [4.69, 9.17) is 4.74 Å². The monoisotopic (exact) mass is 428 g/mol. The quantitative estimate of drug-likeness (QED) is 0.617. The van der Waals surface area contributed by atoms with Crippen molar-refractivity contribution >= 4 is 33.9 Å². The first-order valence-electron chi connectivity index (χ1n) is 8.05. The van der Waals surface area contributed by atoms with Gasteiger partial charge >= 0.3 is 6.03 Å². The van der Waals surface area contributed by atoms with Gasteiger partial charge in [0.05, 0.1) is 24.0 Å². The molecule has 8 heteroatoms. The summed E-state index contributed by atoms with van der Waals surface area (Å²) < 4.78 is 7.40. The second kappa shape index (κ2) is 8.05. The van der Waals surface area contributed by atoms with E-state index in [9.17, 15) is 9.59 Å². The molecule has 3 aromatic rings. The number of aromatic amines is 1. The van der Waals surface area contributed by atoms with Crippen molar-refractivity contribution in [2.75, 3.05) is 12.4 Å². The van der Waals surface area contributed by atoms with Gasteiger partial charge < -0.3 is 10.1 Å². The zero-order valence-electron chi connectivity index (χ0n) is 14.7. The van der Waals surface area contributed by atoms with Gasteiger partial charge in [0.2, 0.25) is 0 Å². The van der Waals surface area contributed by atoms with Crippen molar-refractivity contribution in [1.82, 2.24) is 9.78 Å². The Hall–Kier alpha value is -3.13. The summed E-state index contributed by atoms with van der Waals surface area (Å²) in [6, 6.07) is 13.8. The molecule has 2 aromatic carbocycles. The highest BCUT2D eigenvalue weighted by Gasteiger charge is 2.12. The number of H-pyrrole nitrogens is 1. The number of aryl methyl sites for hydroxylation is 1. The van der Waals surface area contributed by atoms with Gasteiger partial charge in [0.15, 0.2) is 0 Å². The molecule has 27 heavy (non-hydrogen) atoms. The van der Waals surface area contributed by atoms with Crippen LogP contribution in [0.2, 0.25) is 0 Å². The number of hydrogen-bond acceptors (Lipinski definition) is 3. The minimum Gasteiger partial charge on any atom is -0.495 e. The molecule has 1 heterocycles. The summed E-state index contributed by atoms with van der Waals surface area (Å²) >= 11 is 3.34. The molecule has 0 aliphatic rings. The fourth-order valence-corrected chi connectivity index (χ4v) is 2.88. The van der Waals surface area contributed by atoms with Crippen LogP contribution < -0.4 is 15.6 Å². The fourth-order valence-electron chi connectivity index (χ4n) is 2.52. The standard InChI is InChI=1S/C19H17BrN4O3/c1-12-15(18(25)24(23-12)14-6-4-3-5-7-14)11-21-19(26)22-16-10-13(20)8-9-17(16)27-2/h3-11,23H,1-2H3,(H,22,26)/b21-11+. The number of carbonyl (C=O) groups is 1. The average Bonchev–Trinajstić information content (AvgIpc) is 2.95. The van der Waals surface area contributed by atoms with Crippen LogP contribution in [0.4, 0.5) is 10.5 Å². The molecule has 0 unspecified atom stereocenters. The van der Waals surface area contributed by atoms with Crippen molar-refractivity contribution < 1.29 is 9.53 Å². The maximum absolute atomic E-state index is 12.6. The van der Waals surface area contributed by atoms with Crippen LogP contribution in [0.3, 0.4) is 0 Å². The number of para-hydroxylation sites is 1. The van der Waals surface area contributed by atoms with Gasteiger partial charge in [-0.1, -0.05) is 34.1 Å². The van der Waals surface area contributed by atoms with Crippen LogP contribution in [-0.4, -0.2) is 29.1 Å². The van der Waals surface area contributed by atoms with Crippen LogP contribution in [-0.2, 0) is 0 Å². The molecule has 0 saturated heterocycles. The summed E-state index contributed by atoms with van der Waals surface area (Å²) in [5.74, 6) is 0.506. The van der Waals surface area contributed by atoms with Gasteiger partial charge in [0.25, 0.3) is 5.56 Å². The van der Waals surface area contributed by atoms with E-state index >= 15 is 0 Å². The lowest BCUT2D eigenvalue weighted by Gasteiger charge is -2.08. The number of ether oxygens (including phenoxy) is 1. The number of benzene rings is 2. The SMILES string of the molecule is COc1ccc(Br)cc1NC(=O)/N=C/c1c(C)[nH]n(-c2ccccc2)c1=O. The number of nitrogens with zero attached hydrogens (tertiary/aromatic N) is 2. The zero-order valence-corrected chi connectivity index (χ0v) is 16.3. The first kappa shape index (κ1) is 18.7. The van der Waals surface area contributed by atoms with E-state index in [0.29, 0.717) is 28.4 Å². The lowest BCUT2D eigenvalue weighted by molar-refractivity contribution is 0.259. The Morgan fingerprint density at radius 2 is 2.00 bits per heavy atom. The zero-order chi connectivity index (χ0) is 19.4. The van der Waals surface area contributed by atoms with Gasteiger partial charge in [-0.2, -0.15) is 0 Å². The maximum atomic E-state index is 12.6.